The summed E-state index contributed by atoms with van der Waals surface area (Å²) in [6.45, 7) is 0.552. The molecule has 0 atom stereocenters. The van der Waals surface area contributed by atoms with Crippen LogP contribution < -0.4 is 5.32 Å². The molecular weight excluding hydrogens is 341 g/mol. The Balaban J connectivity index is 1.33. The quantitative estimate of drug-likeness (QED) is 0.559. The predicted molar refractivity (Wildman–Crippen MR) is 93.2 cm³/mol. The molecule has 3 heterocycles. The van der Waals surface area contributed by atoms with E-state index in [-0.39, 0.29) is 11.7 Å². The van der Waals surface area contributed by atoms with Crippen LogP contribution in [0.3, 0.4) is 0 Å². The Labute approximate surface area is 146 Å². The summed E-state index contributed by atoms with van der Waals surface area (Å²) in [7, 11) is 0. The average Bonchev–Trinajstić information content (AvgIpc) is 3.24. The molecule has 0 spiro atoms. The highest BCUT2D eigenvalue weighted by atomic mass is 32.1. The van der Waals surface area contributed by atoms with Gasteiger partial charge in [-0.05, 0) is 48.1 Å². The molecule has 25 heavy (non-hydrogen) atoms. The molecule has 8 heteroatoms. The smallest absolute Gasteiger partial charge is 0.261 e. The van der Waals surface area contributed by atoms with Crippen LogP contribution in [0.2, 0.25) is 0 Å². The Morgan fingerprint density at radius 2 is 2.20 bits per heavy atom. The second-order valence-electron chi connectivity index (χ2n) is 5.62. The Kier molecular flexibility index (Phi) is 4.10. The van der Waals surface area contributed by atoms with Gasteiger partial charge in [0.15, 0.2) is 0 Å². The summed E-state index contributed by atoms with van der Waals surface area (Å²) in [6.07, 6.45) is 6.68. The molecule has 126 valence electrons. The van der Waals surface area contributed by atoms with E-state index < -0.39 is 0 Å². The van der Waals surface area contributed by atoms with Crippen LogP contribution in [-0.4, -0.2) is 32.0 Å². The van der Waals surface area contributed by atoms with E-state index in [4.69, 9.17) is 0 Å². The number of nitrogens with zero attached hydrogens (tertiary/aromatic N) is 4. The largest absolute Gasteiger partial charge is 0.351 e. The lowest BCUT2D eigenvalue weighted by molar-refractivity contribution is 0.0957. The van der Waals surface area contributed by atoms with Gasteiger partial charge in [-0.3, -0.25) is 4.79 Å². The zero-order chi connectivity index (χ0) is 17.2. The van der Waals surface area contributed by atoms with Crippen LogP contribution in [-0.2, 0) is 6.42 Å². The third-order valence-electron chi connectivity index (χ3n) is 3.82. The fourth-order valence-electron chi connectivity index (χ4n) is 2.60. The van der Waals surface area contributed by atoms with Crippen molar-refractivity contribution in [2.75, 3.05) is 6.54 Å². The first-order valence-corrected chi connectivity index (χ1v) is 8.62. The lowest BCUT2D eigenvalue weighted by Gasteiger charge is -2.04. The molecule has 0 unspecified atom stereocenters. The summed E-state index contributed by atoms with van der Waals surface area (Å²) >= 11 is 1.36. The van der Waals surface area contributed by atoms with Crippen molar-refractivity contribution in [1.82, 2.24) is 24.9 Å². The number of carbonyl (C=O) groups is 1. The molecule has 0 radical (unpaired) electrons. The maximum atomic E-state index is 13.2. The molecule has 0 fully saturated rings. The van der Waals surface area contributed by atoms with E-state index in [1.165, 1.54) is 29.8 Å². The van der Waals surface area contributed by atoms with Crippen molar-refractivity contribution in [3.63, 3.8) is 0 Å². The fraction of sp³-hybridized carbons (Fsp3) is 0.176. The molecule has 6 nitrogen and oxygen atoms in total. The van der Waals surface area contributed by atoms with Gasteiger partial charge in [0.2, 0.25) is 0 Å². The molecule has 1 amide bonds. The highest BCUT2D eigenvalue weighted by Crippen LogP contribution is 2.26. The number of amides is 1. The summed E-state index contributed by atoms with van der Waals surface area (Å²) in [6, 6.07) is 6.26. The van der Waals surface area contributed by atoms with E-state index >= 15 is 0 Å². The van der Waals surface area contributed by atoms with Crippen LogP contribution in [0, 0.1) is 5.82 Å². The Hall–Kier alpha value is -2.87. The number of nitrogens with one attached hydrogen (secondary N) is 1. The molecule has 0 saturated carbocycles. The number of carbonyl (C=O) groups excluding carboxylic acids is 1. The average molecular weight is 355 g/mol. The van der Waals surface area contributed by atoms with Gasteiger partial charge < -0.3 is 5.32 Å². The molecule has 3 aromatic heterocycles. The number of benzene rings is 1. The van der Waals surface area contributed by atoms with Crippen LogP contribution >= 0.6 is 11.3 Å². The van der Waals surface area contributed by atoms with Crippen LogP contribution in [0.15, 0.2) is 43.0 Å². The minimum Gasteiger partial charge on any atom is -0.351 e. The van der Waals surface area contributed by atoms with Crippen LogP contribution in [0.4, 0.5) is 4.39 Å². The van der Waals surface area contributed by atoms with Crippen molar-refractivity contribution >= 4 is 33.1 Å². The van der Waals surface area contributed by atoms with Gasteiger partial charge in [-0.15, -0.1) is 11.3 Å². The van der Waals surface area contributed by atoms with Gasteiger partial charge in [0, 0.05) is 23.6 Å². The van der Waals surface area contributed by atoms with Crippen LogP contribution in [0.1, 0.15) is 21.7 Å². The van der Waals surface area contributed by atoms with Gasteiger partial charge in [-0.25, -0.2) is 13.9 Å². The van der Waals surface area contributed by atoms with E-state index in [9.17, 15) is 9.18 Å². The normalized spacial score (nSPS) is 11.2. The molecule has 0 aliphatic heterocycles. The monoisotopic (exact) mass is 355 g/mol. The van der Waals surface area contributed by atoms with E-state index in [2.05, 4.69) is 20.4 Å². The molecule has 0 aliphatic carbocycles. The second kappa shape index (κ2) is 6.56. The number of aryl methyl sites for hydroxylation is 1. The lowest BCUT2D eigenvalue weighted by Crippen LogP contribution is -2.23. The van der Waals surface area contributed by atoms with E-state index in [1.807, 2.05) is 6.20 Å². The standard InChI is InChI=1S/C17H14FN5OS/c18-13-3-4-14-12(6-13)7-15(25-14)16(24)19-5-1-2-11-8-20-17-21-10-22-23(17)9-11/h3-4,6-10H,1-2,5H2,(H,19,24). The number of rotatable bonds is 5. The molecule has 0 saturated heterocycles. The third-order valence-corrected chi connectivity index (χ3v) is 4.93. The van der Waals surface area contributed by atoms with E-state index in [0.29, 0.717) is 17.2 Å². The number of hydrogen-bond acceptors (Lipinski definition) is 5. The van der Waals surface area contributed by atoms with Gasteiger partial charge in [0.05, 0.1) is 4.88 Å². The minimum atomic E-state index is -0.296. The zero-order valence-corrected chi connectivity index (χ0v) is 14.0. The van der Waals surface area contributed by atoms with Gasteiger partial charge in [0.25, 0.3) is 11.7 Å². The van der Waals surface area contributed by atoms with Gasteiger partial charge in [0.1, 0.15) is 12.1 Å². The predicted octanol–water partition coefficient (Wildman–Crippen LogP) is 2.84. The topological polar surface area (TPSA) is 72.2 Å². The summed E-state index contributed by atoms with van der Waals surface area (Å²) in [4.78, 5) is 21.0. The molecular formula is C17H14FN5OS. The highest BCUT2D eigenvalue weighted by Gasteiger charge is 2.10. The van der Waals surface area contributed by atoms with Gasteiger partial charge >= 0.3 is 0 Å². The highest BCUT2D eigenvalue weighted by molar-refractivity contribution is 7.20. The van der Waals surface area contributed by atoms with E-state index in [0.717, 1.165) is 28.5 Å². The first-order valence-electron chi connectivity index (χ1n) is 7.80. The molecule has 1 N–H and O–H groups in total. The summed E-state index contributed by atoms with van der Waals surface area (Å²) in [5.41, 5.74) is 1.03. The van der Waals surface area contributed by atoms with Crippen molar-refractivity contribution in [3.05, 3.63) is 59.2 Å². The minimum absolute atomic E-state index is 0.133. The van der Waals surface area contributed by atoms with Crippen LogP contribution in [0.25, 0.3) is 15.9 Å². The second-order valence-corrected chi connectivity index (χ2v) is 6.70. The van der Waals surface area contributed by atoms with Gasteiger partial charge in [-0.1, -0.05) is 0 Å². The van der Waals surface area contributed by atoms with E-state index in [1.54, 1.807) is 22.8 Å². The van der Waals surface area contributed by atoms with Crippen molar-refractivity contribution < 1.29 is 9.18 Å². The first-order chi connectivity index (χ1) is 12.2. The summed E-state index contributed by atoms with van der Waals surface area (Å²) < 4.78 is 15.8. The van der Waals surface area contributed by atoms with Crippen molar-refractivity contribution in [2.24, 2.45) is 0 Å². The Morgan fingerprint density at radius 1 is 1.28 bits per heavy atom. The number of thiophene rings is 1. The SMILES string of the molecule is O=C(NCCCc1cnc2ncnn2c1)c1cc2cc(F)ccc2s1. The maximum absolute atomic E-state index is 13.2. The maximum Gasteiger partial charge on any atom is 0.261 e. The van der Waals surface area contributed by atoms with Gasteiger partial charge in [-0.2, -0.15) is 10.1 Å². The molecule has 4 aromatic rings. The lowest BCUT2D eigenvalue weighted by atomic mass is 10.2. The zero-order valence-electron chi connectivity index (χ0n) is 13.1. The molecule has 0 aliphatic rings. The van der Waals surface area contributed by atoms with Crippen molar-refractivity contribution in [2.45, 2.75) is 12.8 Å². The Bertz CT molecular complexity index is 1060. The van der Waals surface area contributed by atoms with Crippen molar-refractivity contribution in [1.29, 1.82) is 0 Å². The first kappa shape index (κ1) is 15.6. The molecule has 1 aromatic carbocycles. The number of halogens is 1. The third kappa shape index (κ3) is 3.34. The van der Waals surface area contributed by atoms with Crippen LogP contribution in [0.5, 0.6) is 0 Å². The number of aromatic nitrogens is 4. The summed E-state index contributed by atoms with van der Waals surface area (Å²) in [5.74, 6) is 0.139. The number of fused-ring (bicyclic) bond motifs is 2. The number of hydrogen-bond donors (Lipinski definition) is 1. The molecule has 4 rings (SSSR count). The summed E-state index contributed by atoms with van der Waals surface area (Å²) in [5, 5.41) is 7.70. The van der Waals surface area contributed by atoms with Crippen molar-refractivity contribution in [3.8, 4) is 0 Å². The molecule has 0 bridgehead atoms. The fourth-order valence-corrected chi connectivity index (χ4v) is 3.55. The Morgan fingerprint density at radius 3 is 3.12 bits per heavy atom.